The van der Waals surface area contributed by atoms with Gasteiger partial charge in [-0.3, -0.25) is 14.4 Å². The van der Waals surface area contributed by atoms with E-state index in [1.165, 1.54) is 20.8 Å². The second-order valence-corrected chi connectivity index (χ2v) is 8.95. The lowest BCUT2D eigenvalue weighted by Gasteiger charge is -2.40. The van der Waals surface area contributed by atoms with Gasteiger partial charge in [-0.25, -0.2) is 0 Å². The molecule has 0 aromatic carbocycles. The van der Waals surface area contributed by atoms with Crippen LogP contribution in [0.15, 0.2) is 11.8 Å². The SMILES string of the molecule is CC(=O)OCC1=COC(OC(C)=O)C2C1C1C(CCC23CO3)C1(C)COC(C)=O. The third-order valence-electron chi connectivity index (χ3n) is 7.09. The minimum absolute atomic E-state index is 0.0528. The second-order valence-electron chi connectivity index (χ2n) is 8.95. The van der Waals surface area contributed by atoms with Crippen LogP contribution in [0.5, 0.6) is 0 Å². The maximum absolute atomic E-state index is 11.7. The third-order valence-corrected chi connectivity index (χ3v) is 7.09. The van der Waals surface area contributed by atoms with Crippen molar-refractivity contribution in [3.05, 3.63) is 11.8 Å². The van der Waals surface area contributed by atoms with E-state index in [0.717, 1.165) is 18.4 Å². The summed E-state index contributed by atoms with van der Waals surface area (Å²) in [6.07, 6.45) is 2.58. The highest BCUT2D eigenvalue weighted by Crippen LogP contribution is 2.72. The van der Waals surface area contributed by atoms with Crippen molar-refractivity contribution < 1.29 is 38.1 Å². The summed E-state index contributed by atoms with van der Waals surface area (Å²) in [5.74, 6) is -0.800. The van der Waals surface area contributed by atoms with E-state index in [9.17, 15) is 14.4 Å². The standard InChI is InChI=1S/C21H28O8/c1-11(22)25-7-14-8-26-19(29-13(3)24)18-16(14)17-15(5-6-21(18)10-28-21)20(17,4)9-27-12(2)23/h8,15-19H,5-7,9-10H2,1-4H3. The summed E-state index contributed by atoms with van der Waals surface area (Å²) in [7, 11) is 0. The first-order valence-electron chi connectivity index (χ1n) is 10.1. The van der Waals surface area contributed by atoms with Crippen LogP contribution in [0.3, 0.4) is 0 Å². The smallest absolute Gasteiger partial charge is 0.305 e. The molecule has 4 rings (SSSR count). The van der Waals surface area contributed by atoms with E-state index in [4.69, 9.17) is 23.7 Å². The minimum Gasteiger partial charge on any atom is -0.465 e. The van der Waals surface area contributed by atoms with Crippen molar-refractivity contribution in [3.63, 3.8) is 0 Å². The molecular weight excluding hydrogens is 380 g/mol. The molecule has 3 fully saturated rings. The van der Waals surface area contributed by atoms with Crippen LogP contribution in [0, 0.1) is 29.1 Å². The number of carbonyl (C=O) groups is 3. The summed E-state index contributed by atoms with van der Waals surface area (Å²) < 4.78 is 27.9. The lowest BCUT2D eigenvalue weighted by Crippen LogP contribution is -2.47. The summed E-state index contributed by atoms with van der Waals surface area (Å²) in [6, 6.07) is 0. The summed E-state index contributed by atoms with van der Waals surface area (Å²) in [4.78, 5) is 34.5. The fourth-order valence-electron chi connectivity index (χ4n) is 5.65. The zero-order valence-electron chi connectivity index (χ0n) is 17.3. The molecule has 4 aliphatic rings. The average molecular weight is 408 g/mol. The van der Waals surface area contributed by atoms with Gasteiger partial charge in [-0.15, -0.1) is 0 Å². The van der Waals surface area contributed by atoms with Crippen molar-refractivity contribution in [2.24, 2.45) is 29.1 Å². The molecule has 7 atom stereocenters. The van der Waals surface area contributed by atoms with Crippen molar-refractivity contribution in [1.82, 2.24) is 0 Å². The predicted octanol–water partition coefficient (Wildman–Crippen LogP) is 1.96. The minimum atomic E-state index is -0.751. The summed E-state index contributed by atoms with van der Waals surface area (Å²) in [5.41, 5.74) is 0.279. The van der Waals surface area contributed by atoms with Gasteiger partial charge in [-0.1, -0.05) is 6.92 Å². The number of rotatable bonds is 5. The number of epoxide rings is 1. The molecule has 2 saturated carbocycles. The van der Waals surface area contributed by atoms with Crippen LogP contribution in [0.4, 0.5) is 0 Å². The van der Waals surface area contributed by atoms with Crippen molar-refractivity contribution in [2.45, 2.75) is 52.4 Å². The number of carbonyl (C=O) groups excluding carboxylic acids is 3. The number of hydrogen-bond donors (Lipinski definition) is 0. The fourth-order valence-corrected chi connectivity index (χ4v) is 5.65. The maximum Gasteiger partial charge on any atom is 0.305 e. The Kier molecular flexibility index (Phi) is 4.88. The van der Waals surface area contributed by atoms with Crippen LogP contribution in [0.25, 0.3) is 0 Å². The van der Waals surface area contributed by atoms with E-state index in [1.807, 2.05) is 0 Å². The Morgan fingerprint density at radius 1 is 1.10 bits per heavy atom. The Hall–Kier alpha value is -2.09. The van der Waals surface area contributed by atoms with Crippen LogP contribution in [0.1, 0.15) is 40.5 Å². The Labute approximate surface area is 169 Å². The van der Waals surface area contributed by atoms with Crippen LogP contribution in [0.2, 0.25) is 0 Å². The van der Waals surface area contributed by atoms with E-state index in [-0.39, 0.29) is 41.7 Å². The molecule has 2 aliphatic carbocycles. The van der Waals surface area contributed by atoms with Gasteiger partial charge in [0.15, 0.2) is 0 Å². The van der Waals surface area contributed by atoms with Crippen molar-refractivity contribution in [3.8, 4) is 0 Å². The van der Waals surface area contributed by atoms with E-state index in [2.05, 4.69) is 6.92 Å². The second kappa shape index (κ2) is 7.00. The molecule has 29 heavy (non-hydrogen) atoms. The Bertz CT molecular complexity index is 754. The van der Waals surface area contributed by atoms with Crippen molar-refractivity contribution in [1.29, 1.82) is 0 Å². The van der Waals surface area contributed by atoms with Gasteiger partial charge in [0.25, 0.3) is 0 Å². The van der Waals surface area contributed by atoms with Gasteiger partial charge < -0.3 is 23.7 Å². The molecule has 8 heteroatoms. The maximum atomic E-state index is 11.7. The lowest BCUT2D eigenvalue weighted by atomic mass is 9.71. The molecule has 0 aromatic rings. The normalized spacial score (nSPS) is 41.7. The van der Waals surface area contributed by atoms with Gasteiger partial charge in [0.2, 0.25) is 6.29 Å². The monoisotopic (exact) mass is 408 g/mol. The lowest BCUT2D eigenvalue weighted by molar-refractivity contribution is -0.193. The van der Waals surface area contributed by atoms with Gasteiger partial charge in [0.05, 0.1) is 25.4 Å². The molecule has 0 bridgehead atoms. The van der Waals surface area contributed by atoms with E-state index in [1.54, 1.807) is 6.26 Å². The zero-order chi connectivity index (χ0) is 21.0. The third kappa shape index (κ3) is 3.52. The van der Waals surface area contributed by atoms with Gasteiger partial charge in [-0.05, 0) is 24.7 Å². The van der Waals surface area contributed by atoms with Gasteiger partial charge in [0, 0.05) is 37.7 Å². The molecule has 2 heterocycles. The Balaban J connectivity index is 1.67. The Morgan fingerprint density at radius 2 is 1.79 bits per heavy atom. The molecule has 1 spiro atoms. The first kappa shape index (κ1) is 20.2. The Morgan fingerprint density at radius 3 is 2.38 bits per heavy atom. The highest BCUT2D eigenvalue weighted by atomic mass is 16.7. The molecule has 8 nitrogen and oxygen atoms in total. The van der Waals surface area contributed by atoms with Crippen LogP contribution < -0.4 is 0 Å². The molecule has 0 N–H and O–H groups in total. The van der Waals surface area contributed by atoms with E-state index in [0.29, 0.717) is 19.1 Å². The molecule has 0 amide bonds. The number of fused-ring (bicyclic) bond motifs is 4. The number of esters is 3. The van der Waals surface area contributed by atoms with Gasteiger partial charge in [0.1, 0.15) is 12.2 Å². The van der Waals surface area contributed by atoms with E-state index >= 15 is 0 Å². The van der Waals surface area contributed by atoms with Crippen LogP contribution in [-0.4, -0.2) is 49.6 Å². The quantitative estimate of drug-likeness (QED) is 0.387. The fraction of sp³-hybridized carbons (Fsp3) is 0.762. The van der Waals surface area contributed by atoms with E-state index < -0.39 is 17.9 Å². The average Bonchev–Trinajstić information content (AvgIpc) is 3.53. The largest absolute Gasteiger partial charge is 0.465 e. The zero-order valence-corrected chi connectivity index (χ0v) is 17.3. The molecular formula is C21H28O8. The highest BCUT2D eigenvalue weighted by Gasteiger charge is 2.73. The first-order valence-corrected chi connectivity index (χ1v) is 10.1. The van der Waals surface area contributed by atoms with Crippen molar-refractivity contribution in [2.75, 3.05) is 19.8 Å². The predicted molar refractivity (Wildman–Crippen MR) is 98.0 cm³/mol. The molecule has 2 aliphatic heterocycles. The van der Waals surface area contributed by atoms with Crippen LogP contribution in [-0.2, 0) is 38.1 Å². The highest BCUT2D eigenvalue weighted by molar-refractivity contribution is 5.67. The van der Waals surface area contributed by atoms with Gasteiger partial charge >= 0.3 is 17.9 Å². The molecule has 160 valence electrons. The molecule has 0 radical (unpaired) electrons. The van der Waals surface area contributed by atoms with Crippen molar-refractivity contribution >= 4 is 17.9 Å². The number of ether oxygens (including phenoxy) is 5. The van der Waals surface area contributed by atoms with Gasteiger partial charge in [-0.2, -0.15) is 0 Å². The summed E-state index contributed by atoms with van der Waals surface area (Å²) >= 11 is 0. The topological polar surface area (TPSA) is 101 Å². The first-order chi connectivity index (χ1) is 13.7. The summed E-state index contributed by atoms with van der Waals surface area (Å²) in [6.45, 7) is 7.32. The van der Waals surface area contributed by atoms with Crippen LogP contribution >= 0.6 is 0 Å². The molecule has 0 aromatic heterocycles. The number of hydrogen-bond acceptors (Lipinski definition) is 8. The summed E-state index contributed by atoms with van der Waals surface area (Å²) in [5, 5.41) is 0. The molecule has 7 unspecified atom stereocenters. The molecule has 1 saturated heterocycles.